The molecule has 1 aliphatic heterocycles. The summed E-state index contributed by atoms with van der Waals surface area (Å²) in [6.45, 7) is 2.73. The van der Waals surface area contributed by atoms with Gasteiger partial charge in [0, 0.05) is 6.61 Å². The van der Waals surface area contributed by atoms with Crippen LogP contribution in [0.15, 0.2) is 10.6 Å². The largest absolute Gasteiger partial charge is 0.443 e. The molecule has 1 atom stereocenters. The van der Waals surface area contributed by atoms with E-state index >= 15 is 0 Å². The number of nitrogens with zero attached hydrogens (tertiary/aromatic N) is 1. The van der Waals surface area contributed by atoms with E-state index in [4.69, 9.17) is 9.15 Å². The molecule has 3 heteroatoms. The molecule has 1 fully saturated rings. The van der Waals surface area contributed by atoms with E-state index in [-0.39, 0.29) is 6.10 Å². The van der Waals surface area contributed by atoms with Gasteiger partial charge in [0.1, 0.15) is 11.9 Å². The van der Waals surface area contributed by atoms with Gasteiger partial charge in [0.05, 0.1) is 6.20 Å². The summed E-state index contributed by atoms with van der Waals surface area (Å²) in [5.41, 5.74) is 0. The van der Waals surface area contributed by atoms with Crippen molar-refractivity contribution < 1.29 is 9.15 Å². The van der Waals surface area contributed by atoms with Crippen LogP contribution in [0.3, 0.4) is 0 Å². The van der Waals surface area contributed by atoms with Crippen LogP contribution in [-0.2, 0) is 4.74 Å². The highest BCUT2D eigenvalue weighted by atomic mass is 16.5. The van der Waals surface area contributed by atoms with Gasteiger partial charge in [-0.2, -0.15) is 0 Å². The lowest BCUT2D eigenvalue weighted by Crippen LogP contribution is -1.94. The fraction of sp³-hybridized carbons (Fsp3) is 0.625. The maximum atomic E-state index is 5.40. The van der Waals surface area contributed by atoms with Gasteiger partial charge in [-0.3, -0.25) is 0 Å². The maximum absolute atomic E-state index is 5.40. The van der Waals surface area contributed by atoms with Gasteiger partial charge in [-0.1, -0.05) is 0 Å². The number of hydrogen-bond donors (Lipinski definition) is 0. The Bertz CT molecular complexity index is 238. The molecule has 1 aliphatic rings. The zero-order valence-electron chi connectivity index (χ0n) is 6.54. The smallest absolute Gasteiger partial charge is 0.223 e. The molecule has 1 aromatic heterocycles. The first kappa shape index (κ1) is 6.85. The lowest BCUT2D eigenvalue weighted by molar-refractivity contribution is 0.0885. The van der Waals surface area contributed by atoms with E-state index in [1.807, 2.05) is 6.92 Å². The van der Waals surface area contributed by atoms with E-state index in [1.54, 1.807) is 6.20 Å². The average molecular weight is 153 g/mol. The standard InChI is InChI=1S/C8H11NO2/c1-6-5-9-8(11-6)7-3-2-4-10-7/h5,7H,2-4H2,1H3/t7-/m1/s1. The molecule has 0 bridgehead atoms. The molecule has 0 spiro atoms. The van der Waals surface area contributed by atoms with Gasteiger partial charge in [-0.25, -0.2) is 4.98 Å². The quantitative estimate of drug-likeness (QED) is 0.617. The van der Waals surface area contributed by atoms with Gasteiger partial charge < -0.3 is 9.15 Å². The molecule has 1 aromatic rings. The van der Waals surface area contributed by atoms with E-state index in [1.165, 1.54) is 0 Å². The van der Waals surface area contributed by atoms with Crippen LogP contribution in [0.1, 0.15) is 30.6 Å². The van der Waals surface area contributed by atoms with Crippen LogP contribution in [0.4, 0.5) is 0 Å². The molecule has 0 unspecified atom stereocenters. The minimum absolute atomic E-state index is 0.115. The van der Waals surface area contributed by atoms with Gasteiger partial charge in [-0.15, -0.1) is 0 Å². The second kappa shape index (κ2) is 2.66. The Balaban J connectivity index is 2.15. The molecule has 2 rings (SSSR count). The maximum Gasteiger partial charge on any atom is 0.223 e. The van der Waals surface area contributed by atoms with Gasteiger partial charge in [-0.05, 0) is 19.8 Å². The fourth-order valence-corrected chi connectivity index (χ4v) is 1.29. The predicted octanol–water partition coefficient (Wildman–Crippen LogP) is 1.83. The zero-order chi connectivity index (χ0) is 7.68. The third-order valence-electron chi connectivity index (χ3n) is 1.84. The summed E-state index contributed by atoms with van der Waals surface area (Å²) in [4.78, 5) is 4.11. The number of hydrogen-bond acceptors (Lipinski definition) is 3. The first-order chi connectivity index (χ1) is 5.36. The molecule has 0 aliphatic carbocycles. The highest BCUT2D eigenvalue weighted by Crippen LogP contribution is 2.27. The Kier molecular flexibility index (Phi) is 1.66. The molecule has 60 valence electrons. The molecule has 0 amide bonds. The molecule has 0 saturated carbocycles. The predicted molar refractivity (Wildman–Crippen MR) is 39.2 cm³/mol. The molecule has 1 saturated heterocycles. The Hall–Kier alpha value is -0.830. The van der Waals surface area contributed by atoms with Crippen molar-refractivity contribution in [3.63, 3.8) is 0 Å². The third-order valence-corrected chi connectivity index (χ3v) is 1.84. The highest BCUT2D eigenvalue weighted by molar-refractivity contribution is 4.95. The van der Waals surface area contributed by atoms with Crippen molar-refractivity contribution in [1.29, 1.82) is 0 Å². The van der Waals surface area contributed by atoms with Crippen LogP contribution in [0, 0.1) is 6.92 Å². The summed E-state index contributed by atoms with van der Waals surface area (Å²) in [6, 6.07) is 0. The Morgan fingerprint density at radius 3 is 3.09 bits per heavy atom. The molecule has 0 aromatic carbocycles. The first-order valence-corrected chi connectivity index (χ1v) is 3.90. The average Bonchev–Trinajstić information content (AvgIpc) is 2.55. The van der Waals surface area contributed by atoms with Crippen LogP contribution in [-0.4, -0.2) is 11.6 Å². The van der Waals surface area contributed by atoms with Gasteiger partial charge in [0.15, 0.2) is 0 Å². The monoisotopic (exact) mass is 153 g/mol. The van der Waals surface area contributed by atoms with Crippen molar-refractivity contribution in [2.75, 3.05) is 6.61 Å². The molecule has 0 N–H and O–H groups in total. The number of oxazole rings is 1. The Morgan fingerprint density at radius 1 is 1.64 bits per heavy atom. The van der Waals surface area contributed by atoms with E-state index in [9.17, 15) is 0 Å². The Morgan fingerprint density at radius 2 is 2.55 bits per heavy atom. The minimum atomic E-state index is 0.115. The highest BCUT2D eigenvalue weighted by Gasteiger charge is 2.21. The second-order valence-electron chi connectivity index (χ2n) is 2.81. The van der Waals surface area contributed by atoms with Crippen LogP contribution < -0.4 is 0 Å². The lowest BCUT2D eigenvalue weighted by atomic mass is 10.2. The van der Waals surface area contributed by atoms with E-state index in [0.29, 0.717) is 0 Å². The Labute approximate surface area is 65.4 Å². The summed E-state index contributed by atoms with van der Waals surface area (Å²) < 4.78 is 10.7. The fourth-order valence-electron chi connectivity index (χ4n) is 1.29. The number of ether oxygens (including phenoxy) is 1. The van der Waals surface area contributed by atoms with Crippen LogP contribution in [0.25, 0.3) is 0 Å². The second-order valence-corrected chi connectivity index (χ2v) is 2.81. The molecular formula is C8H11NO2. The SMILES string of the molecule is Cc1cnc([C@H]2CCCO2)o1. The zero-order valence-corrected chi connectivity index (χ0v) is 6.54. The summed E-state index contributed by atoms with van der Waals surface area (Å²) in [5.74, 6) is 1.59. The summed E-state index contributed by atoms with van der Waals surface area (Å²) >= 11 is 0. The lowest BCUT2D eigenvalue weighted by Gasteiger charge is -2.01. The molecule has 3 nitrogen and oxygen atoms in total. The molecule has 0 radical (unpaired) electrons. The van der Waals surface area contributed by atoms with E-state index in [2.05, 4.69) is 4.98 Å². The number of rotatable bonds is 1. The number of aryl methyl sites for hydroxylation is 1. The molecule has 2 heterocycles. The minimum Gasteiger partial charge on any atom is -0.443 e. The molecule has 11 heavy (non-hydrogen) atoms. The normalized spacial score (nSPS) is 24.3. The van der Waals surface area contributed by atoms with Gasteiger partial charge in [0.2, 0.25) is 5.89 Å². The van der Waals surface area contributed by atoms with Crippen molar-refractivity contribution in [3.05, 3.63) is 17.8 Å². The van der Waals surface area contributed by atoms with E-state index < -0.39 is 0 Å². The summed E-state index contributed by atoms with van der Waals surface area (Å²) in [6.07, 6.45) is 4.01. The van der Waals surface area contributed by atoms with Crippen LogP contribution in [0.5, 0.6) is 0 Å². The van der Waals surface area contributed by atoms with Crippen molar-refractivity contribution in [2.24, 2.45) is 0 Å². The topological polar surface area (TPSA) is 35.3 Å². The summed E-state index contributed by atoms with van der Waals surface area (Å²) in [5, 5.41) is 0. The van der Waals surface area contributed by atoms with Crippen molar-refractivity contribution in [2.45, 2.75) is 25.9 Å². The third kappa shape index (κ3) is 1.28. The summed E-state index contributed by atoms with van der Waals surface area (Å²) in [7, 11) is 0. The van der Waals surface area contributed by atoms with Gasteiger partial charge >= 0.3 is 0 Å². The van der Waals surface area contributed by atoms with Crippen LogP contribution >= 0.6 is 0 Å². The van der Waals surface area contributed by atoms with Crippen LogP contribution in [0.2, 0.25) is 0 Å². The number of aromatic nitrogens is 1. The van der Waals surface area contributed by atoms with Crippen molar-refractivity contribution >= 4 is 0 Å². The van der Waals surface area contributed by atoms with Crippen molar-refractivity contribution in [3.8, 4) is 0 Å². The molecular weight excluding hydrogens is 142 g/mol. The first-order valence-electron chi connectivity index (χ1n) is 3.90. The van der Waals surface area contributed by atoms with Crippen molar-refractivity contribution in [1.82, 2.24) is 4.98 Å². The van der Waals surface area contributed by atoms with E-state index in [0.717, 1.165) is 31.1 Å². The van der Waals surface area contributed by atoms with Gasteiger partial charge in [0.25, 0.3) is 0 Å².